The fraction of sp³-hybridized carbons (Fsp3) is 0.600. The number of aromatic nitrogens is 2. The molecular weight excluding hydrogens is 194 g/mol. The Bertz CT molecular complexity index is 367. The molecule has 0 aromatic carbocycles. The first-order valence-corrected chi connectivity index (χ1v) is 5.07. The van der Waals surface area contributed by atoms with Gasteiger partial charge in [-0.25, -0.2) is 0 Å². The highest BCUT2D eigenvalue weighted by molar-refractivity contribution is 6.01. The maximum atomic E-state index is 12.1. The number of hydrogen-bond donors (Lipinski definition) is 1. The predicted molar refractivity (Wildman–Crippen MR) is 55.1 cm³/mol. The van der Waals surface area contributed by atoms with Crippen LogP contribution in [0.15, 0.2) is 6.20 Å². The Morgan fingerprint density at radius 2 is 2.53 bits per heavy atom. The fourth-order valence-electron chi connectivity index (χ4n) is 1.92. The van der Waals surface area contributed by atoms with Crippen LogP contribution >= 0.6 is 0 Å². The molecule has 0 saturated carbocycles. The third-order valence-electron chi connectivity index (χ3n) is 2.74. The molecule has 1 N–H and O–H groups in total. The summed E-state index contributed by atoms with van der Waals surface area (Å²) in [5, 5.41) is 7.20. The van der Waals surface area contributed by atoms with Crippen LogP contribution in [-0.2, 0) is 7.05 Å². The van der Waals surface area contributed by atoms with Gasteiger partial charge in [0.1, 0.15) is 5.69 Å². The zero-order valence-electron chi connectivity index (χ0n) is 8.99. The van der Waals surface area contributed by atoms with Crippen LogP contribution in [0.25, 0.3) is 0 Å². The molecule has 5 nitrogen and oxygen atoms in total. The van der Waals surface area contributed by atoms with Crippen molar-refractivity contribution in [1.29, 1.82) is 0 Å². The zero-order valence-corrected chi connectivity index (χ0v) is 8.99. The van der Waals surface area contributed by atoms with Gasteiger partial charge in [0.2, 0.25) is 5.78 Å². The van der Waals surface area contributed by atoms with Crippen molar-refractivity contribution in [2.45, 2.75) is 18.9 Å². The van der Waals surface area contributed by atoms with Gasteiger partial charge in [-0.2, -0.15) is 5.10 Å². The van der Waals surface area contributed by atoms with Gasteiger partial charge >= 0.3 is 0 Å². The number of ether oxygens (including phenoxy) is 1. The summed E-state index contributed by atoms with van der Waals surface area (Å²) in [4.78, 5) is 12.1. The Morgan fingerprint density at radius 1 is 1.73 bits per heavy atom. The van der Waals surface area contributed by atoms with Crippen molar-refractivity contribution in [2.75, 3.05) is 13.7 Å². The van der Waals surface area contributed by atoms with Crippen molar-refractivity contribution in [3.05, 3.63) is 11.9 Å². The zero-order chi connectivity index (χ0) is 10.8. The van der Waals surface area contributed by atoms with E-state index in [4.69, 9.17) is 4.74 Å². The summed E-state index contributed by atoms with van der Waals surface area (Å²) in [6.07, 6.45) is 3.52. The average Bonchev–Trinajstić information content (AvgIpc) is 2.85. The van der Waals surface area contributed by atoms with E-state index in [0.717, 1.165) is 19.4 Å². The summed E-state index contributed by atoms with van der Waals surface area (Å²) in [7, 11) is 3.31. The Morgan fingerprint density at radius 3 is 3.13 bits per heavy atom. The van der Waals surface area contributed by atoms with E-state index in [-0.39, 0.29) is 11.8 Å². The molecule has 1 aliphatic rings. The van der Waals surface area contributed by atoms with Crippen LogP contribution < -0.4 is 10.1 Å². The predicted octanol–water partition coefficient (Wildman–Crippen LogP) is 0.363. The summed E-state index contributed by atoms with van der Waals surface area (Å²) in [5.74, 6) is 0.626. The summed E-state index contributed by atoms with van der Waals surface area (Å²) >= 11 is 0. The third-order valence-corrected chi connectivity index (χ3v) is 2.74. The van der Waals surface area contributed by atoms with Crippen molar-refractivity contribution in [1.82, 2.24) is 15.1 Å². The van der Waals surface area contributed by atoms with E-state index in [9.17, 15) is 4.79 Å². The molecule has 0 radical (unpaired) electrons. The highest BCUT2D eigenvalue weighted by atomic mass is 16.5. The van der Waals surface area contributed by atoms with Gasteiger partial charge < -0.3 is 10.1 Å². The smallest absolute Gasteiger partial charge is 0.201 e. The lowest BCUT2D eigenvalue weighted by Gasteiger charge is -2.10. The molecule has 15 heavy (non-hydrogen) atoms. The van der Waals surface area contributed by atoms with Crippen LogP contribution in [0.5, 0.6) is 5.75 Å². The number of ketones is 1. The number of nitrogens with zero attached hydrogens (tertiary/aromatic N) is 2. The number of carbonyl (C=O) groups excluding carboxylic acids is 1. The molecule has 0 aliphatic carbocycles. The Balaban J connectivity index is 2.27. The second-order valence-electron chi connectivity index (χ2n) is 3.70. The molecule has 1 aliphatic heterocycles. The SMILES string of the molecule is COc1cnn(C)c1C(=O)C1CCCN1. The lowest BCUT2D eigenvalue weighted by atomic mass is 10.1. The molecule has 1 saturated heterocycles. The highest BCUT2D eigenvalue weighted by Crippen LogP contribution is 2.20. The fourth-order valence-corrected chi connectivity index (χ4v) is 1.92. The second-order valence-corrected chi connectivity index (χ2v) is 3.70. The van der Waals surface area contributed by atoms with E-state index in [0.29, 0.717) is 11.4 Å². The maximum absolute atomic E-state index is 12.1. The topological polar surface area (TPSA) is 56.2 Å². The minimum absolute atomic E-state index is 0.0735. The molecule has 0 bridgehead atoms. The van der Waals surface area contributed by atoms with Gasteiger partial charge in [-0.3, -0.25) is 9.48 Å². The van der Waals surface area contributed by atoms with Crippen LogP contribution in [0, 0.1) is 0 Å². The molecule has 0 spiro atoms. The Labute approximate surface area is 88.4 Å². The van der Waals surface area contributed by atoms with Gasteiger partial charge in [-0.15, -0.1) is 0 Å². The molecule has 1 unspecified atom stereocenters. The number of aryl methyl sites for hydroxylation is 1. The second kappa shape index (κ2) is 4.02. The van der Waals surface area contributed by atoms with Crippen molar-refractivity contribution in [3.8, 4) is 5.75 Å². The van der Waals surface area contributed by atoms with Crippen molar-refractivity contribution in [2.24, 2.45) is 7.05 Å². The lowest BCUT2D eigenvalue weighted by molar-refractivity contribution is 0.0940. The van der Waals surface area contributed by atoms with E-state index in [1.54, 1.807) is 25.0 Å². The molecule has 1 atom stereocenters. The van der Waals surface area contributed by atoms with E-state index in [2.05, 4.69) is 10.4 Å². The molecule has 1 aromatic heterocycles. The van der Waals surface area contributed by atoms with E-state index < -0.39 is 0 Å². The van der Waals surface area contributed by atoms with Crippen LogP contribution in [0.2, 0.25) is 0 Å². The molecule has 2 heterocycles. The maximum Gasteiger partial charge on any atom is 0.201 e. The van der Waals surface area contributed by atoms with Gasteiger partial charge in [0.15, 0.2) is 5.75 Å². The number of carbonyl (C=O) groups is 1. The van der Waals surface area contributed by atoms with E-state index >= 15 is 0 Å². The van der Waals surface area contributed by atoms with Gasteiger partial charge in [-0.1, -0.05) is 0 Å². The van der Waals surface area contributed by atoms with Gasteiger partial charge in [0.25, 0.3) is 0 Å². The number of hydrogen-bond acceptors (Lipinski definition) is 4. The van der Waals surface area contributed by atoms with E-state index in [1.807, 2.05) is 0 Å². The lowest BCUT2D eigenvalue weighted by Crippen LogP contribution is -2.32. The Hall–Kier alpha value is -1.36. The number of nitrogens with one attached hydrogen (secondary N) is 1. The van der Waals surface area contributed by atoms with E-state index in [1.165, 1.54) is 0 Å². The van der Waals surface area contributed by atoms with Crippen molar-refractivity contribution >= 4 is 5.78 Å². The summed E-state index contributed by atoms with van der Waals surface area (Å²) in [6.45, 7) is 0.913. The molecule has 1 fully saturated rings. The van der Waals surface area contributed by atoms with Gasteiger partial charge in [-0.05, 0) is 19.4 Å². The number of methoxy groups -OCH3 is 1. The summed E-state index contributed by atoms with van der Waals surface area (Å²) in [5.41, 5.74) is 0.553. The van der Waals surface area contributed by atoms with Crippen molar-refractivity contribution in [3.63, 3.8) is 0 Å². The Kier molecular flexibility index (Phi) is 2.73. The summed E-state index contributed by atoms with van der Waals surface area (Å²) in [6, 6.07) is -0.0747. The monoisotopic (exact) mass is 209 g/mol. The molecule has 5 heteroatoms. The quantitative estimate of drug-likeness (QED) is 0.730. The first kappa shape index (κ1) is 10.2. The first-order valence-electron chi connectivity index (χ1n) is 5.07. The van der Waals surface area contributed by atoms with Gasteiger partial charge in [0.05, 0.1) is 19.3 Å². The standard InChI is InChI=1S/C10H15N3O2/c1-13-9(8(15-2)6-12-13)10(14)7-4-3-5-11-7/h6-7,11H,3-5H2,1-2H3. The van der Waals surface area contributed by atoms with Crippen LogP contribution in [-0.4, -0.2) is 35.3 Å². The molecule has 0 amide bonds. The minimum atomic E-state index is -0.0747. The molecule has 2 rings (SSSR count). The summed E-state index contributed by atoms with van der Waals surface area (Å²) < 4.78 is 6.69. The number of rotatable bonds is 3. The third kappa shape index (κ3) is 1.74. The molecule has 82 valence electrons. The largest absolute Gasteiger partial charge is 0.493 e. The highest BCUT2D eigenvalue weighted by Gasteiger charge is 2.28. The number of Topliss-reactive ketones (excluding diaryl/α,β-unsaturated/α-hetero) is 1. The minimum Gasteiger partial charge on any atom is -0.493 e. The molecular formula is C10H15N3O2. The van der Waals surface area contributed by atoms with Crippen LogP contribution in [0.1, 0.15) is 23.3 Å². The normalized spacial score (nSPS) is 20.5. The average molecular weight is 209 g/mol. The first-order chi connectivity index (χ1) is 7.24. The van der Waals surface area contributed by atoms with Crippen LogP contribution in [0.3, 0.4) is 0 Å². The van der Waals surface area contributed by atoms with Crippen molar-refractivity contribution < 1.29 is 9.53 Å². The molecule has 1 aromatic rings. The van der Waals surface area contributed by atoms with Crippen LogP contribution in [0.4, 0.5) is 0 Å². The van der Waals surface area contributed by atoms with Gasteiger partial charge in [0, 0.05) is 7.05 Å².